The zero-order valence-corrected chi connectivity index (χ0v) is 17.9. The van der Waals surface area contributed by atoms with E-state index in [1.807, 2.05) is 0 Å². The predicted molar refractivity (Wildman–Crippen MR) is 109 cm³/mol. The summed E-state index contributed by atoms with van der Waals surface area (Å²) in [6.45, 7) is 5.13. The lowest BCUT2D eigenvalue weighted by molar-refractivity contribution is -0.139. The van der Waals surface area contributed by atoms with Gasteiger partial charge in [-0.15, -0.1) is 0 Å². The Bertz CT molecular complexity index is 797. The van der Waals surface area contributed by atoms with Crippen LogP contribution in [0.15, 0.2) is 29.5 Å². The van der Waals surface area contributed by atoms with Crippen LogP contribution >= 0.6 is 0 Å². The number of carbonyl (C=O) groups excluding carboxylic acids is 2. The van der Waals surface area contributed by atoms with E-state index in [1.165, 1.54) is 4.90 Å². The molecule has 1 unspecified atom stereocenters. The first-order chi connectivity index (χ1) is 14.5. The van der Waals surface area contributed by atoms with Crippen molar-refractivity contribution in [1.82, 2.24) is 15.1 Å². The Morgan fingerprint density at radius 3 is 2.37 bits per heavy atom. The number of methoxy groups -OCH3 is 2. The molecule has 164 valence electrons. The summed E-state index contributed by atoms with van der Waals surface area (Å²) >= 11 is 0. The van der Waals surface area contributed by atoms with E-state index in [0.717, 1.165) is 13.1 Å². The number of rotatable bonds is 7. The fourth-order valence-corrected chi connectivity index (χ4v) is 3.62. The number of nitrogens with zero attached hydrogens (tertiary/aromatic N) is 2. The zero-order valence-electron chi connectivity index (χ0n) is 17.9. The molecule has 2 aliphatic heterocycles. The normalized spacial score (nSPS) is 20.1. The number of nitrogens with one attached hydrogen (secondary N) is 1. The third-order valence-electron chi connectivity index (χ3n) is 5.26. The Morgan fingerprint density at radius 2 is 1.80 bits per heavy atom. The standard InChI is InChI=1S/C21H29N3O6/c1-5-30-20(25)18-17(13-24-6-8-29-9-7-24)23(2)21(26)22-19(18)14-10-15(27-3)12-16(11-14)28-4/h10-12,19H,5-9,13H2,1-4H3,(H,22,26). The maximum atomic E-state index is 13.0. The van der Waals surface area contributed by atoms with E-state index >= 15 is 0 Å². The van der Waals surface area contributed by atoms with Gasteiger partial charge in [-0.3, -0.25) is 9.80 Å². The molecular weight excluding hydrogens is 390 g/mol. The number of amides is 2. The minimum Gasteiger partial charge on any atom is -0.497 e. The average Bonchev–Trinajstić information content (AvgIpc) is 2.77. The lowest BCUT2D eigenvalue weighted by atomic mass is 9.94. The second-order valence-electron chi connectivity index (χ2n) is 7.06. The summed E-state index contributed by atoms with van der Waals surface area (Å²) in [5, 5.41) is 2.92. The van der Waals surface area contributed by atoms with E-state index in [-0.39, 0.29) is 12.6 Å². The zero-order chi connectivity index (χ0) is 21.7. The summed E-state index contributed by atoms with van der Waals surface area (Å²) in [4.78, 5) is 29.5. The van der Waals surface area contributed by atoms with Gasteiger partial charge in [0.05, 0.1) is 45.7 Å². The highest BCUT2D eigenvalue weighted by Gasteiger charge is 2.37. The fourth-order valence-electron chi connectivity index (χ4n) is 3.62. The van der Waals surface area contributed by atoms with E-state index < -0.39 is 12.0 Å². The summed E-state index contributed by atoms with van der Waals surface area (Å²) in [7, 11) is 4.77. The number of likely N-dealkylation sites (N-methyl/N-ethyl adjacent to an activating group) is 1. The molecule has 30 heavy (non-hydrogen) atoms. The van der Waals surface area contributed by atoms with Gasteiger partial charge in [0.15, 0.2) is 0 Å². The number of hydrogen-bond acceptors (Lipinski definition) is 7. The van der Waals surface area contributed by atoms with Gasteiger partial charge in [0, 0.05) is 38.4 Å². The Labute approximate surface area is 176 Å². The van der Waals surface area contributed by atoms with E-state index in [9.17, 15) is 9.59 Å². The summed E-state index contributed by atoms with van der Waals surface area (Å²) in [6.07, 6.45) is 0. The molecule has 2 aliphatic rings. The van der Waals surface area contributed by atoms with Crippen molar-refractivity contribution in [3.8, 4) is 11.5 Å². The number of esters is 1. The average molecular weight is 419 g/mol. The van der Waals surface area contributed by atoms with Crippen molar-refractivity contribution in [1.29, 1.82) is 0 Å². The smallest absolute Gasteiger partial charge is 0.338 e. The summed E-state index contributed by atoms with van der Waals surface area (Å²) < 4.78 is 21.5. The van der Waals surface area contributed by atoms with Gasteiger partial charge < -0.3 is 24.3 Å². The molecule has 0 radical (unpaired) electrons. The number of ether oxygens (including phenoxy) is 4. The molecule has 9 nitrogen and oxygen atoms in total. The first-order valence-corrected chi connectivity index (χ1v) is 9.95. The van der Waals surface area contributed by atoms with Gasteiger partial charge in [-0.05, 0) is 24.6 Å². The van der Waals surface area contributed by atoms with Crippen molar-refractivity contribution < 1.29 is 28.5 Å². The second-order valence-corrected chi connectivity index (χ2v) is 7.06. The van der Waals surface area contributed by atoms with Crippen LogP contribution in [0.1, 0.15) is 18.5 Å². The van der Waals surface area contributed by atoms with Crippen molar-refractivity contribution in [3.63, 3.8) is 0 Å². The van der Waals surface area contributed by atoms with Gasteiger partial charge in [0.25, 0.3) is 0 Å². The maximum Gasteiger partial charge on any atom is 0.338 e. The van der Waals surface area contributed by atoms with E-state index in [2.05, 4.69) is 10.2 Å². The number of morpholine rings is 1. The quantitative estimate of drug-likeness (QED) is 0.671. The number of carbonyl (C=O) groups is 2. The van der Waals surface area contributed by atoms with E-state index in [4.69, 9.17) is 18.9 Å². The van der Waals surface area contributed by atoms with Crippen molar-refractivity contribution in [3.05, 3.63) is 35.0 Å². The van der Waals surface area contributed by atoms with Crippen LogP contribution < -0.4 is 14.8 Å². The van der Waals surface area contributed by atoms with E-state index in [1.54, 1.807) is 46.4 Å². The van der Waals surface area contributed by atoms with Crippen LogP contribution in [0.4, 0.5) is 4.79 Å². The molecule has 2 amide bonds. The molecule has 3 rings (SSSR count). The van der Waals surface area contributed by atoms with Gasteiger partial charge in [0.1, 0.15) is 11.5 Å². The summed E-state index contributed by atoms with van der Waals surface area (Å²) in [5.74, 6) is 0.672. The van der Waals surface area contributed by atoms with Crippen LogP contribution in [-0.4, -0.2) is 82.5 Å². The first-order valence-electron chi connectivity index (χ1n) is 9.95. The number of hydrogen-bond donors (Lipinski definition) is 1. The molecule has 1 aromatic carbocycles. The molecule has 1 fully saturated rings. The van der Waals surface area contributed by atoms with Gasteiger partial charge >= 0.3 is 12.0 Å². The molecule has 0 bridgehead atoms. The molecule has 9 heteroatoms. The van der Waals surface area contributed by atoms with Gasteiger partial charge in [-0.2, -0.15) is 0 Å². The Hall–Kier alpha value is -2.78. The van der Waals surface area contributed by atoms with Crippen LogP contribution in [-0.2, 0) is 14.3 Å². The molecule has 1 N–H and O–H groups in total. The van der Waals surface area contributed by atoms with Crippen LogP contribution in [0.3, 0.4) is 0 Å². The summed E-state index contributed by atoms with van der Waals surface area (Å²) in [5.41, 5.74) is 1.70. The van der Waals surface area contributed by atoms with Gasteiger partial charge in [-0.1, -0.05) is 0 Å². The van der Waals surface area contributed by atoms with Gasteiger partial charge in [-0.25, -0.2) is 9.59 Å². The van der Waals surface area contributed by atoms with Gasteiger partial charge in [0.2, 0.25) is 0 Å². The molecule has 0 saturated carbocycles. The number of benzene rings is 1. The molecule has 0 aromatic heterocycles. The molecule has 2 heterocycles. The monoisotopic (exact) mass is 419 g/mol. The van der Waals surface area contributed by atoms with Crippen LogP contribution in [0, 0.1) is 0 Å². The lowest BCUT2D eigenvalue weighted by Gasteiger charge is -2.37. The molecule has 0 aliphatic carbocycles. The first kappa shape index (κ1) is 21.9. The topological polar surface area (TPSA) is 89.6 Å². The molecule has 1 aromatic rings. The Kier molecular flexibility index (Phi) is 7.17. The minimum atomic E-state index is -0.687. The predicted octanol–water partition coefficient (Wildman–Crippen LogP) is 1.55. The second kappa shape index (κ2) is 9.82. The van der Waals surface area contributed by atoms with Crippen LogP contribution in [0.2, 0.25) is 0 Å². The van der Waals surface area contributed by atoms with Crippen molar-refractivity contribution in [2.45, 2.75) is 13.0 Å². The largest absolute Gasteiger partial charge is 0.497 e. The molecular formula is C21H29N3O6. The maximum absolute atomic E-state index is 13.0. The Balaban J connectivity index is 2.09. The van der Waals surface area contributed by atoms with E-state index in [0.29, 0.717) is 48.1 Å². The fraction of sp³-hybridized carbons (Fsp3) is 0.524. The van der Waals surface area contributed by atoms with Crippen molar-refractivity contribution in [2.24, 2.45) is 0 Å². The SMILES string of the molecule is CCOC(=O)C1=C(CN2CCOCC2)N(C)C(=O)NC1c1cc(OC)cc(OC)c1. The lowest BCUT2D eigenvalue weighted by Crippen LogP contribution is -2.50. The van der Waals surface area contributed by atoms with Crippen molar-refractivity contribution in [2.75, 3.05) is 60.7 Å². The Morgan fingerprint density at radius 1 is 1.17 bits per heavy atom. The minimum absolute atomic E-state index is 0.235. The third-order valence-corrected chi connectivity index (χ3v) is 5.26. The molecule has 1 atom stereocenters. The highest BCUT2D eigenvalue weighted by atomic mass is 16.5. The number of urea groups is 1. The van der Waals surface area contributed by atoms with Crippen LogP contribution in [0.5, 0.6) is 11.5 Å². The molecule has 0 spiro atoms. The summed E-state index contributed by atoms with van der Waals surface area (Å²) in [6, 6.07) is 4.32. The highest BCUT2D eigenvalue weighted by Crippen LogP contribution is 2.35. The molecule has 1 saturated heterocycles. The van der Waals surface area contributed by atoms with Crippen LogP contribution in [0.25, 0.3) is 0 Å². The highest BCUT2D eigenvalue weighted by molar-refractivity contribution is 5.95. The van der Waals surface area contributed by atoms with Crippen molar-refractivity contribution >= 4 is 12.0 Å². The third kappa shape index (κ3) is 4.68.